The van der Waals surface area contributed by atoms with E-state index >= 15 is 0 Å². The van der Waals surface area contributed by atoms with E-state index in [1.807, 2.05) is 0 Å². The zero-order chi connectivity index (χ0) is 11.1. The minimum absolute atomic E-state index is 0.506. The second kappa shape index (κ2) is 4.02. The highest BCUT2D eigenvalue weighted by molar-refractivity contribution is 6.30. The molecule has 0 radical (unpaired) electrons. The van der Waals surface area contributed by atoms with Crippen molar-refractivity contribution >= 4 is 11.6 Å². The van der Waals surface area contributed by atoms with E-state index < -0.39 is 0 Å². The van der Waals surface area contributed by atoms with E-state index in [4.69, 9.17) is 11.6 Å². The fourth-order valence-electron chi connectivity index (χ4n) is 2.74. The van der Waals surface area contributed by atoms with Crippen molar-refractivity contribution in [2.45, 2.75) is 25.4 Å². The molecule has 1 unspecified atom stereocenters. The molecular formula is C11H17ClN4. The Morgan fingerprint density at radius 1 is 1.50 bits per heavy atom. The first-order valence-corrected chi connectivity index (χ1v) is 6.28. The largest absolute Gasteiger partial charge is 0.311 e. The number of halogens is 1. The molecule has 88 valence electrons. The van der Waals surface area contributed by atoms with Crippen LogP contribution in [0.5, 0.6) is 0 Å². The smallest absolute Gasteiger partial charge is 0.154 e. The lowest BCUT2D eigenvalue weighted by Gasteiger charge is -2.19. The Kier molecular flexibility index (Phi) is 2.65. The van der Waals surface area contributed by atoms with Gasteiger partial charge >= 0.3 is 0 Å². The molecular weight excluding hydrogens is 224 g/mol. The van der Waals surface area contributed by atoms with E-state index in [1.165, 1.54) is 17.7 Å². The molecule has 0 aliphatic carbocycles. The van der Waals surface area contributed by atoms with Gasteiger partial charge in [0.15, 0.2) is 5.15 Å². The number of aromatic nitrogens is 2. The second-order valence-corrected chi connectivity index (χ2v) is 5.15. The Balaban J connectivity index is 1.95. The number of hydrogen-bond donors (Lipinski definition) is 1. The Bertz CT molecular complexity index is 401. The molecule has 1 aromatic rings. The Labute approximate surface area is 101 Å². The SMILES string of the molecule is CN1CCC(n2nc(Cl)c3c2CNCC3)C1. The Morgan fingerprint density at radius 3 is 3.12 bits per heavy atom. The third-order valence-electron chi connectivity index (χ3n) is 3.63. The summed E-state index contributed by atoms with van der Waals surface area (Å²) in [6.45, 7) is 4.17. The van der Waals surface area contributed by atoms with Gasteiger partial charge in [-0.05, 0) is 33.0 Å². The highest BCUT2D eigenvalue weighted by Crippen LogP contribution is 2.28. The lowest BCUT2D eigenvalue weighted by molar-refractivity contribution is 0.375. The van der Waals surface area contributed by atoms with Crippen LogP contribution in [0.3, 0.4) is 0 Å². The summed E-state index contributed by atoms with van der Waals surface area (Å²) in [4.78, 5) is 2.35. The zero-order valence-corrected chi connectivity index (χ0v) is 10.3. The minimum atomic E-state index is 0.506. The van der Waals surface area contributed by atoms with Crippen LogP contribution >= 0.6 is 11.6 Å². The summed E-state index contributed by atoms with van der Waals surface area (Å²) in [6, 6.07) is 0.506. The lowest BCUT2D eigenvalue weighted by Crippen LogP contribution is -2.27. The summed E-state index contributed by atoms with van der Waals surface area (Å²) in [7, 11) is 2.16. The molecule has 3 rings (SSSR count). The predicted molar refractivity (Wildman–Crippen MR) is 63.8 cm³/mol. The fourth-order valence-corrected chi connectivity index (χ4v) is 3.03. The van der Waals surface area contributed by atoms with E-state index in [9.17, 15) is 0 Å². The third kappa shape index (κ3) is 1.65. The maximum atomic E-state index is 6.20. The van der Waals surface area contributed by atoms with Crippen LogP contribution in [0, 0.1) is 0 Å². The maximum absolute atomic E-state index is 6.20. The quantitative estimate of drug-likeness (QED) is 0.797. The van der Waals surface area contributed by atoms with Crippen molar-refractivity contribution in [3.63, 3.8) is 0 Å². The van der Waals surface area contributed by atoms with Crippen molar-refractivity contribution in [3.8, 4) is 0 Å². The van der Waals surface area contributed by atoms with Gasteiger partial charge in [0.2, 0.25) is 0 Å². The highest BCUT2D eigenvalue weighted by Gasteiger charge is 2.27. The number of hydrogen-bond acceptors (Lipinski definition) is 3. The Hall–Kier alpha value is -0.580. The number of nitrogens with zero attached hydrogens (tertiary/aromatic N) is 3. The molecule has 0 bridgehead atoms. The molecule has 2 aliphatic rings. The topological polar surface area (TPSA) is 33.1 Å². The van der Waals surface area contributed by atoms with E-state index in [1.54, 1.807) is 0 Å². The molecule has 1 fully saturated rings. The highest BCUT2D eigenvalue weighted by atomic mass is 35.5. The van der Waals surface area contributed by atoms with Crippen molar-refractivity contribution in [1.29, 1.82) is 0 Å². The van der Waals surface area contributed by atoms with Crippen LogP contribution in [0.1, 0.15) is 23.7 Å². The summed E-state index contributed by atoms with van der Waals surface area (Å²) in [5.74, 6) is 0. The summed E-state index contributed by atoms with van der Waals surface area (Å²) in [5.41, 5.74) is 2.56. The van der Waals surface area contributed by atoms with Gasteiger partial charge < -0.3 is 10.2 Å². The minimum Gasteiger partial charge on any atom is -0.311 e. The summed E-state index contributed by atoms with van der Waals surface area (Å²) in [6.07, 6.45) is 2.19. The first kappa shape index (κ1) is 10.6. The zero-order valence-electron chi connectivity index (χ0n) is 9.54. The number of nitrogens with one attached hydrogen (secondary N) is 1. The van der Waals surface area contributed by atoms with Crippen molar-refractivity contribution in [2.75, 3.05) is 26.7 Å². The standard InChI is InChI=1S/C11H17ClN4/c1-15-5-3-8(7-15)16-10-6-13-4-2-9(10)11(12)14-16/h8,13H,2-7H2,1H3. The first-order chi connectivity index (χ1) is 7.75. The second-order valence-electron chi connectivity index (χ2n) is 4.79. The van der Waals surface area contributed by atoms with Gasteiger partial charge in [-0.15, -0.1) is 0 Å². The van der Waals surface area contributed by atoms with Crippen LogP contribution in [0.4, 0.5) is 0 Å². The van der Waals surface area contributed by atoms with E-state index in [0.717, 1.165) is 32.6 Å². The van der Waals surface area contributed by atoms with Gasteiger partial charge in [0.1, 0.15) is 0 Å². The van der Waals surface area contributed by atoms with Crippen molar-refractivity contribution < 1.29 is 0 Å². The molecule has 2 aliphatic heterocycles. The number of fused-ring (bicyclic) bond motifs is 1. The molecule has 1 atom stereocenters. The predicted octanol–water partition coefficient (Wildman–Crippen LogP) is 1.06. The normalized spacial score (nSPS) is 26.0. The number of likely N-dealkylation sites (N-methyl/N-ethyl adjacent to an activating group) is 1. The molecule has 1 aromatic heterocycles. The van der Waals surface area contributed by atoms with Crippen LogP contribution in [0.15, 0.2) is 0 Å². The average molecular weight is 241 g/mol. The van der Waals surface area contributed by atoms with Gasteiger partial charge in [-0.25, -0.2) is 0 Å². The van der Waals surface area contributed by atoms with Crippen molar-refractivity contribution in [3.05, 3.63) is 16.4 Å². The van der Waals surface area contributed by atoms with Crippen LogP contribution < -0.4 is 5.32 Å². The van der Waals surface area contributed by atoms with Crippen LogP contribution in [-0.2, 0) is 13.0 Å². The van der Waals surface area contributed by atoms with Crippen molar-refractivity contribution in [2.24, 2.45) is 0 Å². The third-order valence-corrected chi connectivity index (χ3v) is 3.93. The monoisotopic (exact) mass is 240 g/mol. The molecule has 0 amide bonds. The van der Waals surface area contributed by atoms with Crippen LogP contribution in [0.2, 0.25) is 5.15 Å². The molecule has 1 saturated heterocycles. The number of rotatable bonds is 1. The van der Waals surface area contributed by atoms with Gasteiger partial charge in [-0.3, -0.25) is 4.68 Å². The van der Waals surface area contributed by atoms with Crippen LogP contribution in [0.25, 0.3) is 0 Å². The van der Waals surface area contributed by atoms with E-state index in [-0.39, 0.29) is 0 Å². The summed E-state index contributed by atoms with van der Waals surface area (Å²) >= 11 is 6.20. The summed E-state index contributed by atoms with van der Waals surface area (Å²) < 4.78 is 2.16. The lowest BCUT2D eigenvalue weighted by atomic mass is 10.1. The van der Waals surface area contributed by atoms with Gasteiger partial charge in [-0.2, -0.15) is 5.10 Å². The molecule has 3 heterocycles. The van der Waals surface area contributed by atoms with Gasteiger partial charge in [0.25, 0.3) is 0 Å². The van der Waals surface area contributed by atoms with E-state index in [0.29, 0.717) is 11.2 Å². The number of likely N-dealkylation sites (tertiary alicyclic amines) is 1. The van der Waals surface area contributed by atoms with Gasteiger partial charge in [0, 0.05) is 18.7 Å². The molecule has 5 heteroatoms. The van der Waals surface area contributed by atoms with Gasteiger partial charge in [-0.1, -0.05) is 11.6 Å². The van der Waals surface area contributed by atoms with Gasteiger partial charge in [0.05, 0.1) is 11.7 Å². The molecule has 4 nitrogen and oxygen atoms in total. The molecule has 0 spiro atoms. The van der Waals surface area contributed by atoms with E-state index in [2.05, 4.69) is 27.0 Å². The summed E-state index contributed by atoms with van der Waals surface area (Å²) in [5, 5.41) is 8.63. The fraction of sp³-hybridized carbons (Fsp3) is 0.727. The maximum Gasteiger partial charge on any atom is 0.154 e. The molecule has 16 heavy (non-hydrogen) atoms. The average Bonchev–Trinajstić information content (AvgIpc) is 2.84. The van der Waals surface area contributed by atoms with Crippen molar-refractivity contribution in [1.82, 2.24) is 20.0 Å². The Morgan fingerprint density at radius 2 is 2.38 bits per heavy atom. The first-order valence-electron chi connectivity index (χ1n) is 5.90. The van der Waals surface area contributed by atoms with Crippen LogP contribution in [-0.4, -0.2) is 41.4 Å². The molecule has 0 aromatic carbocycles. The molecule has 1 N–H and O–H groups in total. The molecule has 0 saturated carbocycles.